The van der Waals surface area contributed by atoms with Crippen molar-refractivity contribution in [3.63, 3.8) is 0 Å². The SMILES string of the molecule is CN(C(=O)CN(C(=O)OC(C)(C)C)c1ccc(F)c(F)c1)c1ccc(O)cc1. The number of anilines is 2. The van der Waals surface area contributed by atoms with E-state index in [1.807, 2.05) is 0 Å². The molecule has 0 aliphatic rings. The third kappa shape index (κ3) is 5.42. The first-order valence-corrected chi connectivity index (χ1v) is 8.49. The Labute approximate surface area is 161 Å². The summed E-state index contributed by atoms with van der Waals surface area (Å²) in [6.45, 7) is 4.49. The monoisotopic (exact) mass is 392 g/mol. The molecule has 8 heteroatoms. The fourth-order valence-electron chi connectivity index (χ4n) is 2.29. The lowest BCUT2D eigenvalue weighted by molar-refractivity contribution is -0.117. The summed E-state index contributed by atoms with van der Waals surface area (Å²) in [5.41, 5.74) is -0.377. The Balaban J connectivity index is 2.30. The first-order chi connectivity index (χ1) is 13.0. The highest BCUT2D eigenvalue weighted by Gasteiger charge is 2.27. The van der Waals surface area contributed by atoms with E-state index in [-0.39, 0.29) is 11.4 Å². The molecule has 1 N–H and O–H groups in total. The van der Waals surface area contributed by atoms with Gasteiger partial charge in [-0.3, -0.25) is 9.69 Å². The minimum absolute atomic E-state index is 0.0133. The van der Waals surface area contributed by atoms with Gasteiger partial charge in [-0.05, 0) is 57.2 Å². The van der Waals surface area contributed by atoms with Crippen LogP contribution >= 0.6 is 0 Å². The minimum Gasteiger partial charge on any atom is -0.508 e. The summed E-state index contributed by atoms with van der Waals surface area (Å²) in [5, 5.41) is 9.36. The third-order valence-corrected chi connectivity index (χ3v) is 3.73. The number of nitrogens with zero attached hydrogens (tertiary/aromatic N) is 2. The van der Waals surface area contributed by atoms with Crippen molar-refractivity contribution in [3.8, 4) is 5.75 Å². The Bertz CT molecular complexity index is 863. The maximum absolute atomic E-state index is 13.7. The molecule has 0 atom stereocenters. The molecule has 0 spiro atoms. The Hall–Kier alpha value is -3.16. The zero-order chi connectivity index (χ0) is 21.1. The molecule has 0 unspecified atom stereocenters. The van der Waals surface area contributed by atoms with Crippen LogP contribution in [0.1, 0.15) is 20.8 Å². The second-order valence-corrected chi connectivity index (χ2v) is 7.13. The number of hydrogen-bond donors (Lipinski definition) is 1. The van der Waals surface area contributed by atoms with Crippen molar-refractivity contribution >= 4 is 23.4 Å². The highest BCUT2D eigenvalue weighted by molar-refractivity contribution is 6.01. The molecule has 0 heterocycles. The lowest BCUT2D eigenvalue weighted by Crippen LogP contribution is -2.44. The molecule has 0 aliphatic heterocycles. The van der Waals surface area contributed by atoms with E-state index in [0.29, 0.717) is 5.69 Å². The number of aromatic hydroxyl groups is 1. The fraction of sp³-hybridized carbons (Fsp3) is 0.300. The van der Waals surface area contributed by atoms with E-state index in [2.05, 4.69) is 0 Å². The van der Waals surface area contributed by atoms with Gasteiger partial charge in [0.25, 0.3) is 0 Å². The molecule has 0 bridgehead atoms. The molecule has 6 nitrogen and oxygen atoms in total. The van der Waals surface area contributed by atoms with Gasteiger partial charge in [0.05, 0.1) is 5.69 Å². The van der Waals surface area contributed by atoms with Gasteiger partial charge in [-0.15, -0.1) is 0 Å². The number of ether oxygens (including phenoxy) is 1. The molecule has 0 saturated heterocycles. The third-order valence-electron chi connectivity index (χ3n) is 3.73. The highest BCUT2D eigenvalue weighted by atomic mass is 19.2. The molecular formula is C20H22F2N2O4. The molecule has 2 aromatic carbocycles. The van der Waals surface area contributed by atoms with Gasteiger partial charge < -0.3 is 14.7 Å². The molecule has 0 radical (unpaired) electrons. The van der Waals surface area contributed by atoms with Gasteiger partial charge in [-0.2, -0.15) is 0 Å². The lowest BCUT2D eigenvalue weighted by atomic mass is 10.2. The van der Waals surface area contributed by atoms with Crippen LogP contribution in [0.2, 0.25) is 0 Å². The molecule has 150 valence electrons. The largest absolute Gasteiger partial charge is 0.508 e. The molecule has 2 aromatic rings. The van der Waals surface area contributed by atoms with Crippen molar-refractivity contribution in [3.05, 3.63) is 54.1 Å². The van der Waals surface area contributed by atoms with E-state index in [1.54, 1.807) is 20.8 Å². The Morgan fingerprint density at radius 2 is 1.57 bits per heavy atom. The predicted octanol–water partition coefficient (Wildman–Crippen LogP) is 4.07. The Kier molecular flexibility index (Phi) is 6.23. The summed E-state index contributed by atoms with van der Waals surface area (Å²) < 4.78 is 32.2. The van der Waals surface area contributed by atoms with Gasteiger partial charge in [0.1, 0.15) is 17.9 Å². The average molecular weight is 392 g/mol. The summed E-state index contributed by atoms with van der Waals surface area (Å²) in [5.74, 6) is -2.67. The number of benzene rings is 2. The van der Waals surface area contributed by atoms with Crippen LogP contribution in [0.25, 0.3) is 0 Å². The van der Waals surface area contributed by atoms with Gasteiger partial charge in [0.2, 0.25) is 5.91 Å². The first-order valence-electron chi connectivity index (χ1n) is 8.49. The Morgan fingerprint density at radius 1 is 1.00 bits per heavy atom. The summed E-state index contributed by atoms with van der Waals surface area (Å²) in [7, 11) is 1.49. The van der Waals surface area contributed by atoms with Gasteiger partial charge in [-0.1, -0.05) is 0 Å². The van der Waals surface area contributed by atoms with Crippen molar-refractivity contribution in [2.45, 2.75) is 26.4 Å². The van der Waals surface area contributed by atoms with Crippen LogP contribution in [0.4, 0.5) is 25.0 Å². The second-order valence-electron chi connectivity index (χ2n) is 7.13. The van der Waals surface area contributed by atoms with Crippen molar-refractivity contribution in [2.75, 3.05) is 23.4 Å². The van der Waals surface area contributed by atoms with E-state index in [0.717, 1.165) is 17.0 Å². The van der Waals surface area contributed by atoms with Crippen molar-refractivity contribution in [1.29, 1.82) is 0 Å². The molecule has 0 saturated carbocycles. The van der Waals surface area contributed by atoms with Crippen LogP contribution < -0.4 is 9.80 Å². The van der Waals surface area contributed by atoms with Gasteiger partial charge in [-0.25, -0.2) is 13.6 Å². The fourth-order valence-corrected chi connectivity index (χ4v) is 2.29. The van der Waals surface area contributed by atoms with Crippen molar-refractivity contribution in [1.82, 2.24) is 0 Å². The lowest BCUT2D eigenvalue weighted by Gasteiger charge is -2.28. The average Bonchev–Trinajstić information content (AvgIpc) is 2.60. The van der Waals surface area contributed by atoms with E-state index >= 15 is 0 Å². The number of amides is 2. The predicted molar refractivity (Wildman–Crippen MR) is 101 cm³/mol. The van der Waals surface area contributed by atoms with Crippen LogP contribution in [0.15, 0.2) is 42.5 Å². The van der Waals surface area contributed by atoms with Gasteiger partial charge in [0.15, 0.2) is 11.6 Å². The maximum atomic E-state index is 13.7. The van der Waals surface area contributed by atoms with E-state index in [1.165, 1.54) is 42.3 Å². The first kappa shape index (κ1) is 21.1. The zero-order valence-corrected chi connectivity index (χ0v) is 16.1. The van der Waals surface area contributed by atoms with Crippen LogP contribution in [-0.2, 0) is 9.53 Å². The van der Waals surface area contributed by atoms with E-state index < -0.39 is 35.8 Å². The standard InChI is InChI=1S/C20H22F2N2O4/c1-20(2,3)28-19(27)24(14-7-10-16(21)17(22)11-14)12-18(26)23(4)13-5-8-15(25)9-6-13/h5-11,25H,12H2,1-4H3. The normalized spacial score (nSPS) is 11.1. The van der Waals surface area contributed by atoms with E-state index in [9.17, 15) is 23.5 Å². The second kappa shape index (κ2) is 8.24. The number of phenols is 1. The minimum atomic E-state index is -1.15. The van der Waals surface area contributed by atoms with Gasteiger partial charge >= 0.3 is 6.09 Å². The quantitative estimate of drug-likeness (QED) is 0.851. The molecule has 0 fully saturated rings. The summed E-state index contributed by atoms with van der Waals surface area (Å²) >= 11 is 0. The van der Waals surface area contributed by atoms with E-state index in [4.69, 9.17) is 4.74 Å². The smallest absolute Gasteiger partial charge is 0.415 e. The Morgan fingerprint density at radius 3 is 2.11 bits per heavy atom. The highest BCUT2D eigenvalue weighted by Crippen LogP contribution is 2.22. The number of halogens is 2. The van der Waals surface area contributed by atoms with Crippen LogP contribution in [-0.4, -0.2) is 36.3 Å². The number of phenolic OH excluding ortho intramolecular Hbond substituents is 1. The van der Waals surface area contributed by atoms with Gasteiger partial charge in [0, 0.05) is 18.8 Å². The van der Waals surface area contributed by atoms with Crippen LogP contribution in [0, 0.1) is 11.6 Å². The zero-order valence-electron chi connectivity index (χ0n) is 16.1. The maximum Gasteiger partial charge on any atom is 0.415 e. The van der Waals surface area contributed by atoms with Crippen molar-refractivity contribution in [2.24, 2.45) is 0 Å². The number of carbonyl (C=O) groups is 2. The summed E-state index contributed by atoms with van der Waals surface area (Å²) in [6, 6.07) is 8.78. The summed E-state index contributed by atoms with van der Waals surface area (Å²) in [6.07, 6.45) is -0.869. The molecule has 0 aliphatic carbocycles. The topological polar surface area (TPSA) is 70.1 Å². The number of rotatable bonds is 4. The molecule has 2 rings (SSSR count). The number of likely N-dealkylation sites (N-methyl/N-ethyl adjacent to an activating group) is 1. The molecule has 0 aromatic heterocycles. The molecular weight excluding hydrogens is 370 g/mol. The number of carbonyl (C=O) groups excluding carboxylic acids is 2. The van der Waals surface area contributed by atoms with Crippen LogP contribution in [0.5, 0.6) is 5.75 Å². The number of hydrogen-bond acceptors (Lipinski definition) is 4. The van der Waals surface area contributed by atoms with Crippen molar-refractivity contribution < 1.29 is 28.2 Å². The summed E-state index contributed by atoms with van der Waals surface area (Å²) in [4.78, 5) is 27.5. The molecule has 2 amide bonds. The van der Waals surface area contributed by atoms with Crippen LogP contribution in [0.3, 0.4) is 0 Å². The molecule has 28 heavy (non-hydrogen) atoms.